The van der Waals surface area contributed by atoms with Crippen LogP contribution in [0.2, 0.25) is 0 Å². The van der Waals surface area contributed by atoms with Crippen LogP contribution in [0.4, 0.5) is 5.69 Å². The number of unbranched alkanes of at least 4 members (excludes halogenated alkanes) is 2. The molecule has 1 N–H and O–H groups in total. The van der Waals surface area contributed by atoms with Crippen molar-refractivity contribution in [2.45, 2.75) is 92.9 Å². The molecule has 3 heteroatoms. The number of anilines is 1. The Morgan fingerprint density at radius 2 is 1.48 bits per heavy atom. The monoisotopic (exact) mass is 600 g/mol. The molecular weight excluding hydrogens is 552 g/mol. The number of aliphatic imine (C=N–C) groups is 1. The molecule has 1 aliphatic rings. The molecule has 1 unspecified atom stereocenters. The molecule has 0 radical (unpaired) electrons. The van der Waals surface area contributed by atoms with Crippen molar-refractivity contribution in [3.05, 3.63) is 105 Å². The van der Waals surface area contributed by atoms with E-state index in [-0.39, 0.29) is 5.92 Å². The second-order valence-corrected chi connectivity index (χ2v) is 9.97. The molecule has 1 atom stereocenters. The van der Waals surface area contributed by atoms with E-state index in [1.807, 2.05) is 27.7 Å². The van der Waals surface area contributed by atoms with Gasteiger partial charge in [0, 0.05) is 33.3 Å². The summed E-state index contributed by atoms with van der Waals surface area (Å²) in [5.41, 5.74) is 7.91. The average molecular weight is 602 g/mol. The molecule has 4 rings (SSSR count). The van der Waals surface area contributed by atoms with Crippen LogP contribution in [0.3, 0.4) is 0 Å². The van der Waals surface area contributed by atoms with Gasteiger partial charge in [0.25, 0.3) is 0 Å². The fraction of sp³-hybridized carbons (Fsp3) is 0.378. The van der Waals surface area contributed by atoms with E-state index < -0.39 is 0 Å². The van der Waals surface area contributed by atoms with Crippen LogP contribution in [-0.2, 0) is 6.42 Å². The van der Waals surface area contributed by atoms with E-state index in [9.17, 15) is 0 Å². The average Bonchev–Trinajstić information content (AvgIpc) is 3.01. The molecule has 0 bridgehead atoms. The zero-order chi connectivity index (χ0) is 29.8. The molecule has 0 aromatic heterocycles. The maximum absolute atomic E-state index is 4.36. The van der Waals surface area contributed by atoms with Gasteiger partial charge in [-0.1, -0.05) is 139 Å². The van der Waals surface area contributed by atoms with Crippen LogP contribution in [0.15, 0.2) is 87.8 Å². The van der Waals surface area contributed by atoms with Crippen LogP contribution in [0, 0.1) is 12.0 Å². The Morgan fingerprint density at radius 3 is 2.02 bits per heavy atom. The minimum absolute atomic E-state index is 0.243. The van der Waals surface area contributed by atoms with E-state index in [0.717, 1.165) is 46.3 Å². The van der Waals surface area contributed by atoms with E-state index >= 15 is 0 Å². The highest BCUT2D eigenvalue weighted by atomic mass is 79.9. The fourth-order valence-electron chi connectivity index (χ4n) is 4.45. The molecule has 0 saturated heterocycles. The molecule has 1 aliphatic carbocycles. The highest BCUT2D eigenvalue weighted by Crippen LogP contribution is 2.42. The predicted octanol–water partition coefficient (Wildman–Crippen LogP) is 11.7. The predicted molar refractivity (Wildman–Crippen MR) is 183 cm³/mol. The lowest BCUT2D eigenvalue weighted by atomic mass is 9.78. The van der Waals surface area contributed by atoms with E-state index in [1.165, 1.54) is 36.0 Å². The van der Waals surface area contributed by atoms with E-state index in [1.54, 1.807) is 0 Å². The highest BCUT2D eigenvalue weighted by molar-refractivity contribution is 9.10. The Morgan fingerprint density at radius 1 is 0.850 bits per heavy atom. The molecule has 0 amide bonds. The number of halogens is 1. The lowest BCUT2D eigenvalue weighted by Gasteiger charge is -2.27. The minimum atomic E-state index is 0.243. The number of nitrogens with one attached hydrogen (secondary N) is 1. The first-order valence-corrected chi connectivity index (χ1v) is 15.8. The number of rotatable bonds is 7. The summed E-state index contributed by atoms with van der Waals surface area (Å²) in [4.78, 5) is 4.36. The normalized spacial score (nSPS) is 12.9. The quantitative estimate of drug-likeness (QED) is 0.163. The highest BCUT2D eigenvalue weighted by Gasteiger charge is 2.26. The van der Waals surface area contributed by atoms with Gasteiger partial charge in [-0.2, -0.15) is 0 Å². The summed E-state index contributed by atoms with van der Waals surface area (Å²) in [7, 11) is 0. The van der Waals surface area contributed by atoms with Gasteiger partial charge < -0.3 is 5.32 Å². The van der Waals surface area contributed by atoms with Gasteiger partial charge in [0.2, 0.25) is 0 Å². The molecule has 40 heavy (non-hydrogen) atoms. The second kappa shape index (κ2) is 20.8. The van der Waals surface area contributed by atoms with Crippen molar-refractivity contribution >= 4 is 34.0 Å². The van der Waals surface area contributed by atoms with Gasteiger partial charge in [-0.3, -0.25) is 4.99 Å². The van der Waals surface area contributed by atoms with Crippen LogP contribution in [0.5, 0.6) is 0 Å². The Labute approximate surface area is 253 Å². The third-order valence-electron chi connectivity index (χ3n) is 6.34. The van der Waals surface area contributed by atoms with Gasteiger partial charge in [-0.15, -0.1) is 0 Å². The molecule has 0 heterocycles. The second-order valence-electron chi connectivity index (χ2n) is 9.06. The molecule has 0 saturated carbocycles. The maximum atomic E-state index is 4.36. The Kier molecular flexibility index (Phi) is 18.1. The molecule has 3 aromatic carbocycles. The molecule has 2 nitrogen and oxygen atoms in total. The molecule has 214 valence electrons. The van der Waals surface area contributed by atoms with E-state index in [4.69, 9.17) is 0 Å². The standard InChI is InChI=1S/C28H25BrN2.C5H12.2C2H6/c1-3-6-20-9-15-24(16-10-20)31-18-17-22-19-27(21-11-13-23(29)14-12-21)25-7-4-5-8-26(25)28(22)30-2;1-3-5-4-2;2*1-2/h4-5,7-16,27,31H,2-3,6,19H2,1H3;3-5H2,1-2H3;2*1-2H3. The number of fused-ring (bicyclic) bond motifs is 1. The number of nitrogens with zero attached hydrogens (tertiary/aromatic N) is 1. The van der Waals surface area contributed by atoms with Crippen molar-refractivity contribution in [1.82, 2.24) is 0 Å². The minimum Gasteiger partial charge on any atom is -0.315 e. The van der Waals surface area contributed by atoms with Crippen LogP contribution in [0.25, 0.3) is 5.70 Å². The summed E-state index contributed by atoms with van der Waals surface area (Å²) in [6, 6.07) is 28.6. The van der Waals surface area contributed by atoms with Crippen molar-refractivity contribution in [3.63, 3.8) is 0 Å². The Hall–Kier alpha value is -3.09. The Bertz CT molecular complexity index is 1210. The lowest BCUT2D eigenvalue weighted by molar-refractivity contribution is 0.772. The van der Waals surface area contributed by atoms with Crippen LogP contribution in [-0.4, -0.2) is 6.72 Å². The number of hydrogen-bond donors (Lipinski definition) is 1. The molecule has 0 aliphatic heterocycles. The number of allylic oxidation sites excluding steroid dienone is 1. The van der Waals surface area contributed by atoms with Gasteiger partial charge in [-0.05, 0) is 66.4 Å². The molecule has 0 fully saturated rings. The van der Waals surface area contributed by atoms with Crippen LogP contribution < -0.4 is 5.32 Å². The Balaban J connectivity index is 0.000000789. The van der Waals surface area contributed by atoms with Crippen molar-refractivity contribution in [1.29, 1.82) is 0 Å². The smallest absolute Gasteiger partial charge is 0.0814 e. The van der Waals surface area contributed by atoms with Crippen molar-refractivity contribution < 1.29 is 0 Å². The summed E-state index contributed by atoms with van der Waals surface area (Å²) in [6.45, 7) is 18.5. The molecule has 3 aromatic rings. The van der Waals surface area contributed by atoms with E-state index in [2.05, 4.69) is 138 Å². The number of aryl methyl sites for hydroxylation is 1. The summed E-state index contributed by atoms with van der Waals surface area (Å²) in [6.07, 6.45) is 7.13. The number of benzene rings is 3. The summed E-state index contributed by atoms with van der Waals surface area (Å²) >= 11 is 3.54. The maximum Gasteiger partial charge on any atom is 0.0814 e. The van der Waals surface area contributed by atoms with E-state index in [0.29, 0.717) is 0 Å². The van der Waals surface area contributed by atoms with Crippen molar-refractivity contribution in [2.24, 2.45) is 4.99 Å². The topological polar surface area (TPSA) is 24.4 Å². The zero-order valence-electron chi connectivity index (χ0n) is 25.8. The first kappa shape index (κ1) is 34.9. The zero-order valence-corrected chi connectivity index (χ0v) is 27.4. The van der Waals surface area contributed by atoms with Crippen molar-refractivity contribution in [2.75, 3.05) is 5.32 Å². The summed E-state index contributed by atoms with van der Waals surface area (Å²) in [5, 5.41) is 3.23. The largest absolute Gasteiger partial charge is 0.315 e. The third-order valence-corrected chi connectivity index (χ3v) is 6.86. The van der Waals surface area contributed by atoms with Gasteiger partial charge in [-0.25, -0.2) is 0 Å². The van der Waals surface area contributed by atoms with Crippen LogP contribution in [0.1, 0.15) is 109 Å². The summed E-state index contributed by atoms with van der Waals surface area (Å²) < 4.78 is 1.08. The third kappa shape index (κ3) is 10.8. The number of hydrogen-bond acceptors (Lipinski definition) is 2. The summed E-state index contributed by atoms with van der Waals surface area (Å²) in [5.74, 6) is 3.58. The van der Waals surface area contributed by atoms with Gasteiger partial charge in [0.1, 0.15) is 0 Å². The van der Waals surface area contributed by atoms with Gasteiger partial charge in [0.05, 0.1) is 5.70 Å². The van der Waals surface area contributed by atoms with Gasteiger partial charge in [0.15, 0.2) is 0 Å². The first-order chi connectivity index (χ1) is 19.6. The molecule has 0 spiro atoms. The first-order valence-electron chi connectivity index (χ1n) is 15.0. The van der Waals surface area contributed by atoms with Crippen LogP contribution >= 0.6 is 15.9 Å². The SMILES string of the molecule is C=NC1=C(C#CNc2ccc(CCC)cc2)CC(c2ccc(Br)cc2)c2ccccc21.CC.CC.CCCCC. The fourth-order valence-corrected chi connectivity index (χ4v) is 4.71. The van der Waals surface area contributed by atoms with Crippen molar-refractivity contribution in [3.8, 4) is 12.0 Å². The lowest BCUT2D eigenvalue weighted by Crippen LogP contribution is -2.11. The van der Waals surface area contributed by atoms with Gasteiger partial charge >= 0.3 is 0 Å². The molecular formula is C37H49BrN2.